The van der Waals surface area contributed by atoms with Gasteiger partial charge in [-0.05, 0) is 32.3 Å². The van der Waals surface area contributed by atoms with Crippen LogP contribution in [0.15, 0.2) is 42.9 Å². The second-order valence-electron chi connectivity index (χ2n) is 11.0. The third-order valence-corrected chi connectivity index (χ3v) is 7.38. The number of alkyl halides is 3. The summed E-state index contributed by atoms with van der Waals surface area (Å²) in [5.41, 5.74) is 2.01. The van der Waals surface area contributed by atoms with E-state index in [4.69, 9.17) is 9.84 Å². The van der Waals surface area contributed by atoms with E-state index in [2.05, 4.69) is 15.0 Å². The Bertz CT molecular complexity index is 1600. The number of rotatable bonds is 6. The summed E-state index contributed by atoms with van der Waals surface area (Å²) in [7, 11) is 3.09. The highest BCUT2D eigenvalue weighted by atomic mass is 19.4. The number of carbonyl (C=O) groups is 1. The summed E-state index contributed by atoms with van der Waals surface area (Å²) in [5.74, 6) is 1.60. The minimum Gasteiger partial charge on any atom is -0.480 e. The van der Waals surface area contributed by atoms with Gasteiger partial charge in [0.05, 0.1) is 36.9 Å². The highest BCUT2D eigenvalue weighted by Gasteiger charge is 2.41. The van der Waals surface area contributed by atoms with Gasteiger partial charge < -0.3 is 9.30 Å². The second-order valence-corrected chi connectivity index (χ2v) is 11.0. The first kappa shape index (κ1) is 26.0. The number of amides is 1. The molecule has 0 spiro atoms. The number of nitrogens with zero attached hydrogens (tertiary/aromatic N) is 7. The van der Waals surface area contributed by atoms with Crippen molar-refractivity contribution in [1.82, 2.24) is 29.3 Å². The number of halogens is 3. The fourth-order valence-corrected chi connectivity index (χ4v) is 5.18. The second kappa shape index (κ2) is 9.17. The average Bonchev–Trinajstić information content (AvgIpc) is 3.56. The number of aryl methyl sites for hydroxylation is 1. The van der Waals surface area contributed by atoms with Crippen molar-refractivity contribution in [2.24, 2.45) is 12.5 Å². The van der Waals surface area contributed by atoms with Crippen molar-refractivity contribution in [2.45, 2.75) is 51.9 Å². The fourth-order valence-electron chi connectivity index (χ4n) is 5.18. The molecule has 4 aromatic rings. The molecule has 0 N–H and O–H groups in total. The zero-order chi connectivity index (χ0) is 28.4. The lowest BCUT2D eigenvalue weighted by molar-refractivity contribution is -0.140. The van der Waals surface area contributed by atoms with Crippen LogP contribution in [0.2, 0.25) is 0 Å². The van der Waals surface area contributed by atoms with Gasteiger partial charge in [0.15, 0.2) is 5.69 Å². The van der Waals surface area contributed by atoms with Crippen molar-refractivity contribution in [3.8, 4) is 28.5 Å². The Hall–Kier alpha value is -4.22. The number of carbonyl (C=O) groups excluding carboxylic acids is 1. The Balaban J connectivity index is 1.34. The SMILES string of the molecule is COc1ncnc(C2CC2)c1-c1cc2n(n1)CC(C)(C)C(=O)N2Cc1ccc(-c2nc(C(F)(F)F)cn2C)cc1. The van der Waals surface area contributed by atoms with Crippen molar-refractivity contribution >= 4 is 11.7 Å². The smallest absolute Gasteiger partial charge is 0.434 e. The maximum absolute atomic E-state index is 13.6. The zero-order valence-corrected chi connectivity index (χ0v) is 22.5. The van der Waals surface area contributed by atoms with Gasteiger partial charge in [-0.25, -0.2) is 19.6 Å². The van der Waals surface area contributed by atoms with E-state index in [-0.39, 0.29) is 18.3 Å². The van der Waals surface area contributed by atoms with Gasteiger partial charge in [-0.15, -0.1) is 0 Å². The van der Waals surface area contributed by atoms with Crippen LogP contribution >= 0.6 is 0 Å². The maximum Gasteiger partial charge on any atom is 0.434 e. The largest absolute Gasteiger partial charge is 0.480 e. The van der Waals surface area contributed by atoms with Crippen molar-refractivity contribution in [3.63, 3.8) is 0 Å². The van der Waals surface area contributed by atoms with E-state index in [1.54, 1.807) is 36.3 Å². The van der Waals surface area contributed by atoms with Crippen LogP contribution < -0.4 is 9.64 Å². The average molecular weight is 552 g/mol. The quantitative estimate of drug-likeness (QED) is 0.327. The normalized spacial score (nSPS) is 16.8. The highest BCUT2D eigenvalue weighted by Crippen LogP contribution is 2.46. The molecule has 0 unspecified atom stereocenters. The van der Waals surface area contributed by atoms with Gasteiger partial charge in [0.2, 0.25) is 11.8 Å². The highest BCUT2D eigenvalue weighted by molar-refractivity contribution is 5.98. The van der Waals surface area contributed by atoms with E-state index >= 15 is 0 Å². The van der Waals surface area contributed by atoms with Crippen LogP contribution in [0.25, 0.3) is 22.6 Å². The van der Waals surface area contributed by atoms with Crippen LogP contribution in [0.1, 0.15) is 49.6 Å². The molecule has 9 nitrogen and oxygen atoms in total. The molecule has 1 fully saturated rings. The lowest BCUT2D eigenvalue weighted by atomic mass is 9.89. The van der Waals surface area contributed by atoms with E-state index < -0.39 is 17.3 Å². The molecule has 3 aromatic heterocycles. The monoisotopic (exact) mass is 551 g/mol. The molecule has 6 rings (SSSR count). The first-order chi connectivity index (χ1) is 19.0. The van der Waals surface area contributed by atoms with Crippen LogP contribution in [-0.2, 0) is 31.1 Å². The van der Waals surface area contributed by atoms with Gasteiger partial charge in [-0.2, -0.15) is 18.3 Å². The van der Waals surface area contributed by atoms with E-state index in [0.29, 0.717) is 35.4 Å². The molecule has 0 radical (unpaired) electrons. The number of fused-ring (bicyclic) bond motifs is 1. The molecule has 208 valence electrons. The predicted octanol–water partition coefficient (Wildman–Crippen LogP) is 5.22. The zero-order valence-electron chi connectivity index (χ0n) is 22.5. The molecule has 4 heterocycles. The van der Waals surface area contributed by atoms with Crippen LogP contribution in [-0.4, -0.2) is 42.3 Å². The van der Waals surface area contributed by atoms with Crippen molar-refractivity contribution in [1.29, 1.82) is 0 Å². The predicted molar refractivity (Wildman–Crippen MR) is 140 cm³/mol. The Morgan fingerprint density at radius 2 is 1.85 bits per heavy atom. The van der Waals surface area contributed by atoms with E-state index in [1.165, 1.54) is 17.9 Å². The van der Waals surface area contributed by atoms with Gasteiger partial charge >= 0.3 is 6.18 Å². The van der Waals surface area contributed by atoms with Crippen molar-refractivity contribution in [2.75, 3.05) is 12.0 Å². The summed E-state index contributed by atoms with van der Waals surface area (Å²) in [6.07, 6.45) is 0.0458. The maximum atomic E-state index is 13.6. The number of anilines is 1. The van der Waals surface area contributed by atoms with Gasteiger partial charge in [-0.3, -0.25) is 9.69 Å². The van der Waals surface area contributed by atoms with Gasteiger partial charge in [0.1, 0.15) is 23.7 Å². The molecular formula is C28H28F3N7O2. The van der Waals surface area contributed by atoms with E-state index in [1.807, 2.05) is 24.6 Å². The standard InChI is InChI=1S/C28H28F3N7O2/c1-27(2)14-38-21(11-19(35-38)22-23(17-9-10-17)32-15-33-25(22)40-4)37(26(27)39)12-16-5-7-18(8-6-16)24-34-20(13-36(24)3)28(29,30)31/h5-8,11,13,15,17H,9-10,12,14H2,1-4H3. The van der Waals surface area contributed by atoms with Gasteiger partial charge in [0.25, 0.3) is 0 Å². The van der Waals surface area contributed by atoms with Crippen molar-refractivity contribution in [3.05, 3.63) is 59.8 Å². The summed E-state index contributed by atoms with van der Waals surface area (Å²) < 4.78 is 48.1. The molecule has 1 aliphatic heterocycles. The van der Waals surface area contributed by atoms with Crippen LogP contribution in [0.5, 0.6) is 5.88 Å². The number of imidazole rings is 1. The Morgan fingerprint density at radius 3 is 2.48 bits per heavy atom. The van der Waals surface area contributed by atoms with Gasteiger partial charge in [0, 0.05) is 30.8 Å². The lowest BCUT2D eigenvalue weighted by Gasteiger charge is -2.37. The Kier molecular flexibility index (Phi) is 5.97. The Labute approximate surface area is 228 Å². The van der Waals surface area contributed by atoms with E-state index in [0.717, 1.165) is 35.9 Å². The number of hydrogen-bond donors (Lipinski definition) is 0. The molecule has 0 saturated heterocycles. The molecule has 1 saturated carbocycles. The first-order valence-electron chi connectivity index (χ1n) is 12.9. The minimum atomic E-state index is -4.52. The van der Waals surface area contributed by atoms with Crippen molar-refractivity contribution < 1.29 is 22.7 Å². The van der Waals surface area contributed by atoms with Gasteiger partial charge in [-0.1, -0.05) is 24.3 Å². The molecule has 2 aliphatic rings. The number of benzene rings is 1. The molecule has 40 heavy (non-hydrogen) atoms. The van der Waals surface area contributed by atoms with Crippen LogP contribution in [0, 0.1) is 5.41 Å². The number of ether oxygens (including phenoxy) is 1. The Morgan fingerprint density at radius 1 is 1.12 bits per heavy atom. The summed E-state index contributed by atoms with van der Waals surface area (Å²) in [6, 6.07) is 8.91. The third-order valence-electron chi connectivity index (χ3n) is 7.38. The fraction of sp³-hybridized carbons (Fsp3) is 0.393. The summed E-state index contributed by atoms with van der Waals surface area (Å²) in [6.45, 7) is 4.44. The molecule has 1 amide bonds. The molecule has 12 heteroatoms. The van der Waals surface area contributed by atoms with Crippen LogP contribution in [0.3, 0.4) is 0 Å². The summed E-state index contributed by atoms with van der Waals surface area (Å²) in [4.78, 5) is 27.9. The molecule has 1 aromatic carbocycles. The van der Waals surface area contributed by atoms with E-state index in [9.17, 15) is 18.0 Å². The number of aromatic nitrogens is 6. The number of hydrogen-bond acceptors (Lipinski definition) is 6. The summed E-state index contributed by atoms with van der Waals surface area (Å²) in [5, 5.41) is 4.87. The first-order valence-corrected chi connectivity index (χ1v) is 12.9. The molecule has 0 bridgehead atoms. The lowest BCUT2D eigenvalue weighted by Crippen LogP contribution is -2.48. The molecule has 1 aliphatic carbocycles. The van der Waals surface area contributed by atoms with Crippen LogP contribution in [0.4, 0.5) is 19.0 Å². The summed E-state index contributed by atoms with van der Waals surface area (Å²) >= 11 is 0. The molecule has 0 atom stereocenters. The molecular weight excluding hydrogens is 523 g/mol. The minimum absolute atomic E-state index is 0.0480. The number of methoxy groups -OCH3 is 1. The topological polar surface area (TPSA) is 91.0 Å². The third kappa shape index (κ3) is 4.50.